The van der Waals surface area contributed by atoms with Gasteiger partial charge in [-0.05, 0) is 107 Å². The van der Waals surface area contributed by atoms with Crippen LogP contribution < -0.4 is 10.6 Å². The summed E-state index contributed by atoms with van der Waals surface area (Å²) >= 11 is 0. The number of methoxy groups -OCH3 is 2. The molecule has 5 aromatic rings. The van der Waals surface area contributed by atoms with Crippen LogP contribution in [0.4, 0.5) is 9.59 Å². The normalized spacial score (nSPS) is 19.7. The summed E-state index contributed by atoms with van der Waals surface area (Å²) in [5.41, 5.74) is 11.6. The molecule has 20 nitrogen and oxygen atoms in total. The first-order chi connectivity index (χ1) is 36.6. The number of hydrogen-bond donors (Lipinski definition) is 4. The van der Waals surface area contributed by atoms with E-state index in [-0.39, 0.29) is 62.9 Å². The van der Waals surface area contributed by atoms with Crippen LogP contribution >= 0.6 is 0 Å². The fraction of sp³-hybridized carbons (Fsp3) is 0.455. The third-order valence-electron chi connectivity index (χ3n) is 15.2. The van der Waals surface area contributed by atoms with Crippen LogP contribution in [-0.4, -0.2) is 157 Å². The predicted octanol–water partition coefficient (Wildman–Crippen LogP) is 6.38. The minimum absolute atomic E-state index is 0.0109. The van der Waals surface area contributed by atoms with Gasteiger partial charge in [-0.3, -0.25) is 9.59 Å². The second-order valence-electron chi connectivity index (χ2n) is 21.1. The lowest BCUT2D eigenvalue weighted by molar-refractivity contribution is -0.139. The Morgan fingerprint density at radius 3 is 1.66 bits per heavy atom. The Labute approximate surface area is 449 Å². The predicted molar refractivity (Wildman–Crippen MR) is 293 cm³/mol. The maximum Gasteiger partial charge on any atom is 0.407 e. The van der Waals surface area contributed by atoms with E-state index in [1.54, 1.807) is 9.80 Å². The molecule has 22 heteroatoms. The van der Waals surface area contributed by atoms with Crippen molar-refractivity contribution >= 4 is 71.7 Å². The van der Waals surface area contributed by atoms with Crippen LogP contribution in [0.25, 0.3) is 38.8 Å². The molecule has 3 aromatic carbocycles. The molecule has 2 unspecified atom stereocenters. The quantitative estimate of drug-likeness (QED) is 0.106. The number of amides is 4. The van der Waals surface area contributed by atoms with Crippen molar-refractivity contribution < 1.29 is 45.5 Å². The van der Waals surface area contributed by atoms with Gasteiger partial charge in [0.15, 0.2) is 0 Å². The van der Waals surface area contributed by atoms with Crippen molar-refractivity contribution in [3.05, 3.63) is 112 Å². The SMILES string of the molecule is COC(=O)NC(C(=O)N1CCN(S(C)(=O)=O)C[C@H]1c1nc2cc(C3=CC4=CCC=C3CCc3ccc(c(-c5ccc6[nH]c([C@@H]7CN(S(C)(=O)=O)CCN7C(=O)C(NC(=O)OC)C(C)C)nc6c5)c3)CC4)ccc2[nH]1)C(C)C. The average Bonchev–Trinajstić information content (AvgIpc) is 4.00. The number of carbonyl (C=O) groups excluding carboxylic acids is 4. The molecule has 2 fully saturated rings. The van der Waals surface area contributed by atoms with Crippen molar-refractivity contribution in [3.63, 3.8) is 0 Å². The number of alkyl carbamates (subject to hydrolysis) is 2. The number of imidazole rings is 2. The van der Waals surface area contributed by atoms with Gasteiger partial charge in [0, 0.05) is 39.3 Å². The fourth-order valence-corrected chi connectivity index (χ4v) is 12.5. The van der Waals surface area contributed by atoms with E-state index < -0.39 is 56.4 Å². The standard InChI is InChI=1S/C55H68N10O10S2/c1-32(2)48(60-54(68)74-5)52(66)64-24-22-62(76(7,70)71)30-46(64)50-56-42-20-18-38(28-44(42)58-50)40-26-34-10-9-11-36(40)15-13-35-14-17-37(16-12-34)41(27-35)39-19-21-43-45(29-39)59-51(57-43)47-31-63(77(8,72)73)23-25-65(47)53(67)49(33(3)4)61-55(69)75-6/h10-11,14,17-21,26-29,32-33,46-49H,9,12-13,15-16,22-25,30-31H2,1-8H3,(H,56,58)(H,57,59)(H,60,68)(H,61,69)/t46-,47-,48?,49?/m0/s1. The largest absolute Gasteiger partial charge is 0.453 e. The summed E-state index contributed by atoms with van der Waals surface area (Å²) in [5.74, 6) is -0.406. The third-order valence-corrected chi connectivity index (χ3v) is 17.7. The summed E-state index contributed by atoms with van der Waals surface area (Å²) in [5, 5.41) is 5.33. The number of sulfonamides is 2. The minimum atomic E-state index is -3.61. The number of rotatable bonds is 12. The highest BCUT2D eigenvalue weighted by Crippen LogP contribution is 2.38. The van der Waals surface area contributed by atoms with Gasteiger partial charge in [-0.15, -0.1) is 0 Å². The van der Waals surface area contributed by atoms with Gasteiger partial charge in [-0.2, -0.15) is 8.61 Å². The van der Waals surface area contributed by atoms with Crippen LogP contribution in [0.1, 0.15) is 87.4 Å². The lowest BCUT2D eigenvalue weighted by Gasteiger charge is -2.41. The number of aryl methyl sites for hydroxylation is 2. The van der Waals surface area contributed by atoms with Crippen molar-refractivity contribution in [1.82, 2.24) is 49.0 Å². The number of H-pyrrole nitrogens is 2. The smallest absolute Gasteiger partial charge is 0.407 e. The summed E-state index contributed by atoms with van der Waals surface area (Å²) in [6.07, 6.45) is 11.5. The molecule has 0 radical (unpaired) electrons. The molecule has 4 bridgehead atoms. The van der Waals surface area contributed by atoms with Gasteiger partial charge >= 0.3 is 12.2 Å². The molecule has 4 heterocycles. The average molecular weight is 1090 g/mol. The number of hydrogen-bond acceptors (Lipinski definition) is 12. The number of fused-ring (bicyclic) bond motifs is 6. The molecule has 410 valence electrons. The molecule has 3 aliphatic carbocycles. The minimum Gasteiger partial charge on any atom is -0.453 e. The summed E-state index contributed by atoms with van der Waals surface area (Å²) in [4.78, 5) is 73.1. The zero-order valence-electron chi connectivity index (χ0n) is 44.8. The Morgan fingerprint density at radius 2 is 1.16 bits per heavy atom. The maximum atomic E-state index is 14.2. The number of nitrogens with one attached hydrogen (secondary N) is 4. The number of carbonyl (C=O) groups is 4. The molecular formula is C55H68N10O10S2. The topological polar surface area (TPSA) is 249 Å². The Balaban J connectivity index is 0.988. The van der Waals surface area contributed by atoms with E-state index in [4.69, 9.17) is 19.4 Å². The molecule has 5 aliphatic rings. The van der Waals surface area contributed by atoms with Gasteiger partial charge in [0.25, 0.3) is 0 Å². The van der Waals surface area contributed by atoms with Crippen molar-refractivity contribution in [2.24, 2.45) is 11.8 Å². The van der Waals surface area contributed by atoms with Gasteiger partial charge < -0.3 is 39.9 Å². The molecule has 0 spiro atoms. The lowest BCUT2D eigenvalue weighted by Crippen LogP contribution is -2.58. The van der Waals surface area contributed by atoms with Gasteiger partial charge in [-0.25, -0.2) is 36.4 Å². The van der Waals surface area contributed by atoms with E-state index in [0.717, 1.165) is 83.5 Å². The first kappa shape index (κ1) is 54.9. The lowest BCUT2D eigenvalue weighted by atomic mass is 9.87. The van der Waals surface area contributed by atoms with E-state index >= 15 is 0 Å². The van der Waals surface area contributed by atoms with Crippen LogP contribution in [0.5, 0.6) is 0 Å². The number of nitrogens with zero attached hydrogens (tertiary/aromatic N) is 6. The highest BCUT2D eigenvalue weighted by Gasteiger charge is 2.42. The van der Waals surface area contributed by atoms with Crippen LogP contribution in [0.15, 0.2) is 84.0 Å². The van der Waals surface area contributed by atoms with E-state index in [9.17, 15) is 36.0 Å². The number of allylic oxidation sites excluding steroid dienone is 6. The molecule has 4 N–H and O–H groups in total. The van der Waals surface area contributed by atoms with E-state index in [1.165, 1.54) is 39.5 Å². The zero-order chi connectivity index (χ0) is 55.1. The summed E-state index contributed by atoms with van der Waals surface area (Å²) < 4.78 is 63.8. The van der Waals surface area contributed by atoms with Gasteiger partial charge in [0.2, 0.25) is 31.9 Å². The Kier molecular flexibility index (Phi) is 15.8. The molecule has 10 rings (SSSR count). The Bertz CT molecular complexity index is 3450. The number of piperazine rings is 2. The summed E-state index contributed by atoms with van der Waals surface area (Å²) in [7, 11) is -4.74. The van der Waals surface area contributed by atoms with E-state index in [1.807, 2.05) is 52.0 Å². The van der Waals surface area contributed by atoms with E-state index in [2.05, 4.69) is 69.2 Å². The summed E-state index contributed by atoms with van der Waals surface area (Å²) in [6, 6.07) is 15.5. The number of benzene rings is 3. The van der Waals surface area contributed by atoms with Gasteiger partial charge in [0.1, 0.15) is 35.8 Å². The molecule has 77 heavy (non-hydrogen) atoms. The third kappa shape index (κ3) is 11.8. The van der Waals surface area contributed by atoms with Crippen LogP contribution in [-0.2, 0) is 52.0 Å². The van der Waals surface area contributed by atoms with Crippen molar-refractivity contribution in [2.75, 3.05) is 66.0 Å². The molecule has 4 atom stereocenters. The molecule has 2 saturated heterocycles. The van der Waals surface area contributed by atoms with E-state index in [0.29, 0.717) is 22.7 Å². The van der Waals surface area contributed by atoms with Gasteiger partial charge in [0.05, 0.1) is 48.8 Å². The van der Waals surface area contributed by atoms with Gasteiger partial charge in [-0.1, -0.05) is 81.8 Å². The second-order valence-corrected chi connectivity index (χ2v) is 25.0. The van der Waals surface area contributed by atoms with Crippen molar-refractivity contribution in [3.8, 4) is 11.1 Å². The molecule has 0 saturated carbocycles. The van der Waals surface area contributed by atoms with Crippen LogP contribution in [0.3, 0.4) is 0 Å². The molecule has 4 amide bonds. The molecular weight excluding hydrogens is 1020 g/mol. The van der Waals surface area contributed by atoms with Crippen molar-refractivity contribution in [2.45, 2.75) is 84.0 Å². The second kappa shape index (κ2) is 22.2. The maximum absolute atomic E-state index is 14.2. The highest BCUT2D eigenvalue weighted by molar-refractivity contribution is 7.88. The monoisotopic (exact) mass is 1090 g/mol. The molecule has 2 aliphatic heterocycles. The number of ether oxygens (including phenoxy) is 2. The van der Waals surface area contributed by atoms with Crippen molar-refractivity contribution in [1.29, 1.82) is 0 Å². The highest BCUT2D eigenvalue weighted by atomic mass is 32.2. The number of aromatic nitrogens is 4. The first-order valence-electron chi connectivity index (χ1n) is 26.0. The number of aromatic amines is 2. The van der Waals surface area contributed by atoms with Crippen LogP contribution in [0.2, 0.25) is 0 Å². The Hall–Kier alpha value is -6.88. The summed E-state index contributed by atoms with van der Waals surface area (Å²) in [6.45, 7) is 7.68. The molecule has 2 aromatic heterocycles. The first-order valence-corrected chi connectivity index (χ1v) is 29.7. The fourth-order valence-electron chi connectivity index (χ4n) is 10.9. The van der Waals surface area contributed by atoms with Crippen LogP contribution in [0, 0.1) is 11.8 Å². The Morgan fingerprint density at radius 1 is 0.636 bits per heavy atom. The zero-order valence-corrected chi connectivity index (χ0v) is 46.4.